The van der Waals surface area contributed by atoms with Crippen molar-refractivity contribution in [2.45, 2.75) is 6.42 Å². The summed E-state index contributed by atoms with van der Waals surface area (Å²) in [5, 5.41) is 2.44. The van der Waals surface area contributed by atoms with Gasteiger partial charge in [0, 0.05) is 11.8 Å². The van der Waals surface area contributed by atoms with Gasteiger partial charge in [-0.15, -0.1) is 0 Å². The Bertz CT molecular complexity index is 876. The molecule has 4 rings (SSSR count). The maximum atomic E-state index is 4.78. The first-order valence-corrected chi connectivity index (χ1v) is 6.80. The van der Waals surface area contributed by atoms with E-state index in [0.29, 0.717) is 0 Å². The molecule has 0 aliphatic carbocycles. The lowest BCUT2D eigenvalue weighted by molar-refractivity contribution is 1.04. The second-order valence-electron chi connectivity index (χ2n) is 5.03. The van der Waals surface area contributed by atoms with Crippen LogP contribution < -0.4 is 0 Å². The molecule has 1 aromatic heterocycles. The normalized spacial score (nSPS) is 11.2. The first-order valence-electron chi connectivity index (χ1n) is 6.80. The lowest BCUT2D eigenvalue weighted by Crippen LogP contribution is -1.89. The van der Waals surface area contributed by atoms with E-state index in [-0.39, 0.29) is 0 Å². The third kappa shape index (κ3) is 1.86. The molecule has 20 heavy (non-hydrogen) atoms. The van der Waals surface area contributed by atoms with E-state index in [1.165, 1.54) is 16.3 Å². The van der Waals surface area contributed by atoms with Gasteiger partial charge in [0.25, 0.3) is 0 Å². The van der Waals surface area contributed by atoms with Gasteiger partial charge in [0.15, 0.2) is 0 Å². The number of benzene rings is 3. The number of hydrogen-bond donors (Lipinski definition) is 1. The summed E-state index contributed by atoms with van der Waals surface area (Å²) in [6.45, 7) is 0. The van der Waals surface area contributed by atoms with E-state index in [9.17, 15) is 0 Å². The summed E-state index contributed by atoms with van der Waals surface area (Å²) in [5.74, 6) is 1.02. The SMILES string of the molecule is c1ccc(Cc2nc3c(ccc4ccccc43)[nH]2)cc1. The summed E-state index contributed by atoms with van der Waals surface area (Å²) in [7, 11) is 0. The molecular weight excluding hydrogens is 244 g/mol. The fourth-order valence-corrected chi connectivity index (χ4v) is 2.67. The predicted molar refractivity (Wildman–Crippen MR) is 82.8 cm³/mol. The predicted octanol–water partition coefficient (Wildman–Crippen LogP) is 4.31. The van der Waals surface area contributed by atoms with Crippen LogP contribution in [-0.4, -0.2) is 9.97 Å². The van der Waals surface area contributed by atoms with Crippen molar-refractivity contribution in [3.05, 3.63) is 78.1 Å². The molecule has 4 aromatic rings. The summed E-state index contributed by atoms with van der Waals surface area (Å²) in [4.78, 5) is 8.21. The minimum Gasteiger partial charge on any atom is -0.342 e. The molecule has 2 heteroatoms. The molecule has 0 saturated heterocycles. The number of rotatable bonds is 2. The molecule has 0 fully saturated rings. The van der Waals surface area contributed by atoms with Gasteiger partial charge in [-0.1, -0.05) is 60.7 Å². The number of fused-ring (bicyclic) bond motifs is 3. The van der Waals surface area contributed by atoms with Crippen LogP contribution in [0.15, 0.2) is 66.7 Å². The van der Waals surface area contributed by atoms with Gasteiger partial charge in [0.1, 0.15) is 5.82 Å². The Balaban J connectivity index is 1.84. The molecule has 2 nitrogen and oxygen atoms in total. The van der Waals surface area contributed by atoms with Gasteiger partial charge in [0.2, 0.25) is 0 Å². The van der Waals surface area contributed by atoms with Gasteiger partial charge < -0.3 is 4.98 Å². The van der Waals surface area contributed by atoms with Crippen LogP contribution in [0.5, 0.6) is 0 Å². The Morgan fingerprint density at radius 2 is 1.60 bits per heavy atom. The number of H-pyrrole nitrogens is 1. The number of aromatic nitrogens is 2. The number of hydrogen-bond acceptors (Lipinski definition) is 1. The summed E-state index contributed by atoms with van der Waals surface area (Å²) in [6.07, 6.45) is 0.837. The van der Waals surface area contributed by atoms with Crippen LogP contribution in [0.2, 0.25) is 0 Å². The monoisotopic (exact) mass is 258 g/mol. The van der Waals surface area contributed by atoms with Crippen molar-refractivity contribution in [3.63, 3.8) is 0 Å². The van der Waals surface area contributed by atoms with E-state index >= 15 is 0 Å². The van der Waals surface area contributed by atoms with Crippen molar-refractivity contribution < 1.29 is 0 Å². The third-order valence-corrected chi connectivity index (χ3v) is 3.64. The van der Waals surface area contributed by atoms with Crippen LogP contribution in [0.25, 0.3) is 21.8 Å². The molecule has 3 aromatic carbocycles. The second kappa shape index (κ2) is 4.49. The van der Waals surface area contributed by atoms with Crippen LogP contribution in [0, 0.1) is 0 Å². The van der Waals surface area contributed by atoms with Crippen LogP contribution in [0.3, 0.4) is 0 Å². The van der Waals surface area contributed by atoms with Crippen LogP contribution in [0.4, 0.5) is 0 Å². The molecule has 0 bridgehead atoms. The first kappa shape index (κ1) is 11.2. The summed E-state index contributed by atoms with van der Waals surface area (Å²) >= 11 is 0. The topological polar surface area (TPSA) is 28.7 Å². The molecule has 0 aliphatic heterocycles. The van der Waals surface area contributed by atoms with Gasteiger partial charge in [0.05, 0.1) is 11.0 Å². The van der Waals surface area contributed by atoms with E-state index in [0.717, 1.165) is 23.3 Å². The highest BCUT2D eigenvalue weighted by molar-refractivity contribution is 6.04. The zero-order valence-electron chi connectivity index (χ0n) is 11.0. The smallest absolute Gasteiger partial charge is 0.111 e. The molecule has 0 radical (unpaired) electrons. The molecule has 0 atom stereocenters. The minimum absolute atomic E-state index is 0.837. The van der Waals surface area contributed by atoms with E-state index in [1.807, 2.05) is 6.07 Å². The van der Waals surface area contributed by atoms with Gasteiger partial charge in [-0.25, -0.2) is 4.98 Å². The van der Waals surface area contributed by atoms with Crippen LogP contribution in [-0.2, 0) is 6.42 Å². The molecule has 0 aliphatic rings. The summed E-state index contributed by atoms with van der Waals surface area (Å²) in [6, 6.07) is 23.1. The largest absolute Gasteiger partial charge is 0.342 e. The Morgan fingerprint density at radius 1 is 0.800 bits per heavy atom. The van der Waals surface area contributed by atoms with Crippen molar-refractivity contribution in [1.82, 2.24) is 9.97 Å². The van der Waals surface area contributed by atoms with Crippen molar-refractivity contribution >= 4 is 21.8 Å². The lowest BCUT2D eigenvalue weighted by Gasteiger charge is -1.96. The lowest BCUT2D eigenvalue weighted by atomic mass is 10.1. The fourth-order valence-electron chi connectivity index (χ4n) is 2.67. The van der Waals surface area contributed by atoms with Crippen molar-refractivity contribution in [3.8, 4) is 0 Å². The zero-order chi connectivity index (χ0) is 13.4. The van der Waals surface area contributed by atoms with E-state index in [2.05, 4.69) is 65.6 Å². The number of nitrogens with zero attached hydrogens (tertiary/aromatic N) is 1. The highest BCUT2D eigenvalue weighted by Crippen LogP contribution is 2.24. The second-order valence-corrected chi connectivity index (χ2v) is 5.03. The van der Waals surface area contributed by atoms with Crippen molar-refractivity contribution in [1.29, 1.82) is 0 Å². The van der Waals surface area contributed by atoms with Crippen LogP contribution >= 0.6 is 0 Å². The fraction of sp³-hybridized carbons (Fsp3) is 0.0556. The van der Waals surface area contributed by atoms with E-state index in [4.69, 9.17) is 4.98 Å². The third-order valence-electron chi connectivity index (χ3n) is 3.64. The number of nitrogens with one attached hydrogen (secondary N) is 1. The van der Waals surface area contributed by atoms with E-state index in [1.54, 1.807) is 0 Å². The zero-order valence-corrected chi connectivity index (χ0v) is 11.0. The molecule has 0 saturated carbocycles. The summed E-state index contributed by atoms with van der Waals surface area (Å²) in [5.41, 5.74) is 3.44. The maximum Gasteiger partial charge on any atom is 0.111 e. The standard InChI is InChI=1S/C18H14N2/c1-2-6-13(7-3-1)12-17-19-16-11-10-14-8-4-5-9-15(14)18(16)20-17/h1-11H,12H2,(H,19,20). The van der Waals surface area contributed by atoms with Crippen molar-refractivity contribution in [2.75, 3.05) is 0 Å². The first-order chi connectivity index (χ1) is 9.90. The Hall–Kier alpha value is -2.61. The highest BCUT2D eigenvalue weighted by atomic mass is 14.9. The molecule has 0 unspecified atom stereocenters. The van der Waals surface area contributed by atoms with Gasteiger partial charge in [-0.3, -0.25) is 0 Å². The Labute approximate surface area is 117 Å². The molecule has 1 heterocycles. The average Bonchev–Trinajstić information content (AvgIpc) is 2.91. The average molecular weight is 258 g/mol. The molecule has 1 N–H and O–H groups in total. The number of imidazole rings is 1. The highest BCUT2D eigenvalue weighted by Gasteiger charge is 2.06. The quantitative estimate of drug-likeness (QED) is 0.570. The molecule has 0 spiro atoms. The molecule has 0 amide bonds. The van der Waals surface area contributed by atoms with Gasteiger partial charge in [-0.05, 0) is 17.0 Å². The molecular formula is C18H14N2. The van der Waals surface area contributed by atoms with Crippen molar-refractivity contribution in [2.24, 2.45) is 0 Å². The minimum atomic E-state index is 0.837. The van der Waals surface area contributed by atoms with E-state index < -0.39 is 0 Å². The van der Waals surface area contributed by atoms with Crippen LogP contribution in [0.1, 0.15) is 11.4 Å². The Morgan fingerprint density at radius 3 is 2.50 bits per heavy atom. The van der Waals surface area contributed by atoms with Gasteiger partial charge in [-0.2, -0.15) is 0 Å². The number of aromatic amines is 1. The van der Waals surface area contributed by atoms with Gasteiger partial charge >= 0.3 is 0 Å². The Kier molecular flexibility index (Phi) is 2.52. The maximum absolute atomic E-state index is 4.78. The summed E-state index contributed by atoms with van der Waals surface area (Å²) < 4.78 is 0. The molecule has 96 valence electrons.